The molecule has 0 saturated carbocycles. The molecule has 1 N–H and O–H groups in total. The number of hydrogen-bond donors (Lipinski definition) is 1. The Bertz CT molecular complexity index is 1260. The molecular weight excluding hydrogens is 386 g/mol. The topological polar surface area (TPSA) is 28.9 Å². The van der Waals surface area contributed by atoms with Crippen molar-refractivity contribution in [2.45, 2.75) is 6.92 Å². The quantitative estimate of drug-likeness (QED) is 0.329. The molecule has 0 unspecified atom stereocenters. The molecular formula is C23H16BrNO. The molecule has 26 heavy (non-hydrogen) atoms. The predicted molar refractivity (Wildman–Crippen MR) is 111 cm³/mol. The van der Waals surface area contributed by atoms with Crippen molar-refractivity contribution in [3.05, 3.63) is 82.8 Å². The van der Waals surface area contributed by atoms with Gasteiger partial charge >= 0.3 is 0 Å². The number of aryl methyl sites for hydroxylation is 1. The molecule has 0 atom stereocenters. The zero-order valence-electron chi connectivity index (χ0n) is 14.2. The highest BCUT2D eigenvalue weighted by Crippen LogP contribution is 2.35. The van der Waals surface area contributed by atoms with Crippen molar-refractivity contribution >= 4 is 37.7 Å². The van der Waals surface area contributed by atoms with Crippen LogP contribution in [0, 0.1) is 6.92 Å². The zero-order chi connectivity index (χ0) is 17.7. The van der Waals surface area contributed by atoms with E-state index >= 15 is 0 Å². The first-order valence-electron chi connectivity index (χ1n) is 8.56. The van der Waals surface area contributed by atoms with Crippen LogP contribution < -0.4 is 0 Å². The summed E-state index contributed by atoms with van der Waals surface area (Å²) in [5, 5.41) is 3.45. The monoisotopic (exact) mass is 401 g/mol. The van der Waals surface area contributed by atoms with Crippen LogP contribution in [0.3, 0.4) is 0 Å². The fourth-order valence-electron chi connectivity index (χ4n) is 3.44. The van der Waals surface area contributed by atoms with Crippen LogP contribution in [-0.2, 0) is 0 Å². The maximum atomic E-state index is 6.22. The standard InChI is InChI=1S/C23H16BrNO/c1-14-6-9-18(19(24)12-14)20-10-11-21(25-20)22-13-16-8-7-15-4-2-3-5-17(15)23(16)26-22/h2-13,25H,1H3. The molecule has 0 bridgehead atoms. The SMILES string of the molecule is Cc1ccc(-c2ccc(-c3cc4ccc5ccccc5c4o3)[nH]2)c(Br)c1. The van der Waals surface area contributed by atoms with Gasteiger partial charge in [0, 0.05) is 26.5 Å². The van der Waals surface area contributed by atoms with Crippen LogP contribution in [0.25, 0.3) is 44.5 Å². The van der Waals surface area contributed by atoms with Gasteiger partial charge in [0.05, 0.1) is 5.69 Å². The second-order valence-electron chi connectivity index (χ2n) is 6.58. The normalized spacial score (nSPS) is 11.5. The zero-order valence-corrected chi connectivity index (χ0v) is 15.8. The Kier molecular flexibility index (Phi) is 3.50. The van der Waals surface area contributed by atoms with Crippen LogP contribution in [-0.4, -0.2) is 4.98 Å². The summed E-state index contributed by atoms with van der Waals surface area (Å²) in [7, 11) is 0. The van der Waals surface area contributed by atoms with E-state index < -0.39 is 0 Å². The van der Waals surface area contributed by atoms with Gasteiger partial charge in [-0.3, -0.25) is 0 Å². The first-order valence-corrected chi connectivity index (χ1v) is 9.35. The molecule has 0 radical (unpaired) electrons. The lowest BCUT2D eigenvalue weighted by Gasteiger charge is -2.03. The Hall–Kier alpha value is -2.78. The predicted octanol–water partition coefficient (Wildman–Crippen LogP) is 7.32. The number of hydrogen-bond acceptors (Lipinski definition) is 1. The van der Waals surface area contributed by atoms with Gasteiger partial charge < -0.3 is 9.40 Å². The summed E-state index contributed by atoms with van der Waals surface area (Å²) >= 11 is 3.66. The van der Waals surface area contributed by atoms with Gasteiger partial charge in [-0.05, 0) is 42.1 Å². The number of aromatic nitrogens is 1. The molecule has 0 aliphatic rings. The fraction of sp³-hybridized carbons (Fsp3) is 0.0435. The summed E-state index contributed by atoms with van der Waals surface area (Å²) in [6.45, 7) is 2.09. The highest BCUT2D eigenvalue weighted by Gasteiger charge is 2.12. The number of nitrogens with one attached hydrogen (secondary N) is 1. The molecule has 2 nitrogen and oxygen atoms in total. The molecule has 2 aromatic heterocycles. The van der Waals surface area contributed by atoms with Crippen molar-refractivity contribution in [2.24, 2.45) is 0 Å². The van der Waals surface area contributed by atoms with Gasteiger partial charge in [0.15, 0.2) is 5.76 Å². The second kappa shape index (κ2) is 5.89. The molecule has 0 fully saturated rings. The van der Waals surface area contributed by atoms with Crippen molar-refractivity contribution in [3.8, 4) is 22.7 Å². The maximum Gasteiger partial charge on any atom is 0.151 e. The molecule has 0 aliphatic heterocycles. The third kappa shape index (κ3) is 2.47. The van der Waals surface area contributed by atoms with Crippen LogP contribution >= 0.6 is 15.9 Å². The van der Waals surface area contributed by atoms with Crippen molar-refractivity contribution in [1.29, 1.82) is 0 Å². The molecule has 3 aromatic carbocycles. The van der Waals surface area contributed by atoms with E-state index in [0.717, 1.165) is 43.5 Å². The first-order chi connectivity index (χ1) is 12.7. The number of benzene rings is 3. The molecule has 3 heteroatoms. The molecule has 0 saturated heterocycles. The molecule has 0 amide bonds. The van der Waals surface area contributed by atoms with Gasteiger partial charge in [0.1, 0.15) is 5.58 Å². The van der Waals surface area contributed by atoms with Crippen LogP contribution in [0.1, 0.15) is 5.56 Å². The van der Waals surface area contributed by atoms with E-state index in [4.69, 9.17) is 4.42 Å². The molecule has 5 rings (SSSR count). The summed E-state index contributed by atoms with van der Waals surface area (Å²) in [5.41, 5.74) is 5.36. The largest absolute Gasteiger partial charge is 0.454 e. The Morgan fingerprint density at radius 1 is 0.808 bits per heavy atom. The lowest BCUT2D eigenvalue weighted by atomic mass is 10.1. The smallest absolute Gasteiger partial charge is 0.151 e. The Balaban J connectivity index is 1.62. The summed E-state index contributed by atoms with van der Waals surface area (Å²) in [6, 6.07) is 25.2. The summed E-state index contributed by atoms with van der Waals surface area (Å²) < 4.78 is 7.31. The Morgan fingerprint density at radius 2 is 1.62 bits per heavy atom. The second-order valence-corrected chi connectivity index (χ2v) is 7.44. The van der Waals surface area contributed by atoms with E-state index in [1.54, 1.807) is 0 Å². The van der Waals surface area contributed by atoms with E-state index in [2.05, 4.69) is 94.6 Å². The van der Waals surface area contributed by atoms with Crippen LogP contribution in [0.15, 0.2) is 81.7 Å². The van der Waals surface area contributed by atoms with Gasteiger partial charge in [-0.2, -0.15) is 0 Å². The number of furan rings is 1. The number of H-pyrrole nitrogens is 1. The highest BCUT2D eigenvalue weighted by atomic mass is 79.9. The van der Waals surface area contributed by atoms with Crippen molar-refractivity contribution in [2.75, 3.05) is 0 Å². The van der Waals surface area contributed by atoms with E-state index in [9.17, 15) is 0 Å². The molecule has 0 aliphatic carbocycles. The van der Waals surface area contributed by atoms with Gasteiger partial charge in [0.25, 0.3) is 0 Å². The van der Waals surface area contributed by atoms with Gasteiger partial charge in [-0.15, -0.1) is 0 Å². The van der Waals surface area contributed by atoms with Crippen molar-refractivity contribution in [1.82, 2.24) is 4.98 Å². The van der Waals surface area contributed by atoms with Crippen LogP contribution in [0.2, 0.25) is 0 Å². The average molecular weight is 402 g/mol. The lowest BCUT2D eigenvalue weighted by Crippen LogP contribution is -1.82. The molecule has 126 valence electrons. The van der Waals surface area contributed by atoms with Crippen LogP contribution in [0.4, 0.5) is 0 Å². The summed E-state index contributed by atoms with van der Waals surface area (Å²) in [4.78, 5) is 3.49. The number of aromatic amines is 1. The summed E-state index contributed by atoms with van der Waals surface area (Å²) in [6.07, 6.45) is 0. The molecule has 2 heterocycles. The van der Waals surface area contributed by atoms with Gasteiger partial charge in [-0.25, -0.2) is 0 Å². The average Bonchev–Trinajstić information content (AvgIpc) is 3.28. The van der Waals surface area contributed by atoms with Crippen molar-refractivity contribution < 1.29 is 4.42 Å². The molecule has 5 aromatic rings. The minimum absolute atomic E-state index is 0.853. The lowest BCUT2D eigenvalue weighted by molar-refractivity contribution is 0.632. The summed E-state index contributed by atoms with van der Waals surface area (Å²) in [5.74, 6) is 0.853. The van der Waals surface area contributed by atoms with Gasteiger partial charge in [0.2, 0.25) is 0 Å². The van der Waals surface area contributed by atoms with E-state index in [-0.39, 0.29) is 0 Å². The number of rotatable bonds is 2. The van der Waals surface area contributed by atoms with Crippen LogP contribution in [0.5, 0.6) is 0 Å². The third-order valence-electron chi connectivity index (χ3n) is 4.77. The van der Waals surface area contributed by atoms with E-state index in [1.807, 2.05) is 6.07 Å². The number of fused-ring (bicyclic) bond motifs is 3. The molecule has 0 spiro atoms. The fourth-order valence-corrected chi connectivity index (χ4v) is 4.14. The van der Waals surface area contributed by atoms with E-state index in [0.29, 0.717) is 0 Å². The Labute approximate surface area is 159 Å². The first kappa shape index (κ1) is 15.5. The maximum absolute atomic E-state index is 6.22. The van der Waals surface area contributed by atoms with E-state index in [1.165, 1.54) is 10.9 Å². The van der Waals surface area contributed by atoms with Crippen molar-refractivity contribution in [3.63, 3.8) is 0 Å². The Morgan fingerprint density at radius 3 is 2.50 bits per heavy atom. The number of halogens is 1. The minimum atomic E-state index is 0.853. The highest BCUT2D eigenvalue weighted by molar-refractivity contribution is 9.10. The van der Waals surface area contributed by atoms with Gasteiger partial charge in [-0.1, -0.05) is 64.5 Å². The third-order valence-corrected chi connectivity index (χ3v) is 5.43. The minimum Gasteiger partial charge on any atom is -0.454 e.